The monoisotopic (exact) mass is 501 g/mol. The SMILES string of the molecule is COC(=O)C1(Nc2cccc(Cl)c2)CCC2(CC1)c1cc(OC)c(OC)cc1CC2C[C@@H](C)CO. The molecule has 2 atom stereocenters. The molecule has 1 saturated carbocycles. The van der Waals surface area contributed by atoms with E-state index in [0.29, 0.717) is 23.8 Å². The van der Waals surface area contributed by atoms with Crippen LogP contribution in [0.25, 0.3) is 0 Å². The zero-order valence-corrected chi connectivity index (χ0v) is 21.8. The van der Waals surface area contributed by atoms with E-state index in [-0.39, 0.29) is 23.9 Å². The van der Waals surface area contributed by atoms with Crippen LogP contribution in [0.5, 0.6) is 11.5 Å². The van der Waals surface area contributed by atoms with Gasteiger partial charge in [0.2, 0.25) is 0 Å². The topological polar surface area (TPSA) is 77.0 Å². The Morgan fingerprint density at radius 3 is 2.40 bits per heavy atom. The predicted octanol–water partition coefficient (Wildman–Crippen LogP) is 5.38. The van der Waals surface area contributed by atoms with Gasteiger partial charge in [0.1, 0.15) is 5.54 Å². The first-order valence-electron chi connectivity index (χ1n) is 12.3. The van der Waals surface area contributed by atoms with Crippen LogP contribution < -0.4 is 14.8 Å². The third kappa shape index (κ3) is 4.70. The summed E-state index contributed by atoms with van der Waals surface area (Å²) in [5.74, 6) is 1.77. The van der Waals surface area contributed by atoms with Crippen LogP contribution in [0.4, 0.5) is 5.69 Å². The van der Waals surface area contributed by atoms with Crippen molar-refractivity contribution in [2.45, 2.75) is 56.4 Å². The van der Waals surface area contributed by atoms with Crippen molar-refractivity contribution < 1.29 is 24.1 Å². The van der Waals surface area contributed by atoms with Crippen LogP contribution in [0.3, 0.4) is 0 Å². The fourth-order valence-electron chi connectivity index (χ4n) is 6.32. The number of anilines is 1. The standard InChI is InChI=1S/C28H36ClNO5/c1-18(17-31)12-20-13-19-14-24(33-2)25(34-3)16-23(19)27(20)8-10-28(11-9-27,26(32)35-4)30-22-7-5-6-21(29)15-22/h5-7,14-16,18,20,30-31H,8-13,17H2,1-4H3/t18-,20?,27?,28?/m1/s1. The highest BCUT2D eigenvalue weighted by molar-refractivity contribution is 6.30. The van der Waals surface area contributed by atoms with Crippen molar-refractivity contribution in [2.24, 2.45) is 11.8 Å². The molecule has 2 aliphatic rings. The normalized spacial score (nSPS) is 26.2. The molecule has 1 fully saturated rings. The smallest absolute Gasteiger partial charge is 0.331 e. The first-order valence-corrected chi connectivity index (χ1v) is 12.7. The summed E-state index contributed by atoms with van der Waals surface area (Å²) in [6, 6.07) is 11.7. The van der Waals surface area contributed by atoms with E-state index < -0.39 is 5.54 Å². The van der Waals surface area contributed by atoms with Crippen molar-refractivity contribution in [3.8, 4) is 11.5 Å². The van der Waals surface area contributed by atoms with Gasteiger partial charge in [0.15, 0.2) is 11.5 Å². The maximum Gasteiger partial charge on any atom is 0.331 e. The van der Waals surface area contributed by atoms with E-state index >= 15 is 0 Å². The van der Waals surface area contributed by atoms with Gasteiger partial charge in [0.05, 0.1) is 21.3 Å². The Labute approximate surface area is 212 Å². The van der Waals surface area contributed by atoms with Gasteiger partial charge in [-0.3, -0.25) is 0 Å². The molecule has 7 heteroatoms. The fraction of sp³-hybridized carbons (Fsp3) is 0.536. The molecule has 35 heavy (non-hydrogen) atoms. The van der Waals surface area contributed by atoms with Gasteiger partial charge in [-0.1, -0.05) is 24.6 Å². The van der Waals surface area contributed by atoms with E-state index in [4.69, 9.17) is 25.8 Å². The highest BCUT2D eigenvalue weighted by Gasteiger charge is 2.54. The number of carbonyl (C=O) groups is 1. The number of nitrogens with one attached hydrogen (secondary N) is 1. The molecule has 1 spiro atoms. The molecule has 2 N–H and O–H groups in total. The lowest BCUT2D eigenvalue weighted by Gasteiger charge is -2.47. The molecule has 0 aliphatic heterocycles. The fourth-order valence-corrected chi connectivity index (χ4v) is 6.51. The molecule has 4 rings (SSSR count). The molecule has 6 nitrogen and oxygen atoms in total. The van der Waals surface area contributed by atoms with Gasteiger partial charge in [-0.25, -0.2) is 4.79 Å². The summed E-state index contributed by atoms with van der Waals surface area (Å²) >= 11 is 6.21. The average molecular weight is 502 g/mol. The number of fused-ring (bicyclic) bond motifs is 2. The van der Waals surface area contributed by atoms with Gasteiger partial charge in [-0.2, -0.15) is 0 Å². The zero-order valence-electron chi connectivity index (χ0n) is 21.0. The summed E-state index contributed by atoms with van der Waals surface area (Å²) in [4.78, 5) is 13.1. The lowest BCUT2D eigenvalue weighted by atomic mass is 9.59. The molecule has 0 heterocycles. The number of carbonyl (C=O) groups excluding carboxylic acids is 1. The van der Waals surface area contributed by atoms with Crippen LogP contribution in [0, 0.1) is 11.8 Å². The minimum absolute atomic E-state index is 0.105. The van der Waals surface area contributed by atoms with Gasteiger partial charge in [-0.15, -0.1) is 0 Å². The van der Waals surface area contributed by atoms with Crippen LogP contribution in [0.15, 0.2) is 36.4 Å². The summed E-state index contributed by atoms with van der Waals surface area (Å²) in [6.07, 6.45) is 4.74. The Morgan fingerprint density at radius 1 is 1.11 bits per heavy atom. The summed E-state index contributed by atoms with van der Waals surface area (Å²) in [5, 5.41) is 13.9. The number of esters is 1. The lowest BCUT2D eigenvalue weighted by molar-refractivity contribution is -0.148. The predicted molar refractivity (Wildman–Crippen MR) is 138 cm³/mol. The van der Waals surface area contributed by atoms with Gasteiger partial charge in [0, 0.05) is 17.3 Å². The van der Waals surface area contributed by atoms with E-state index in [1.807, 2.05) is 24.3 Å². The number of aliphatic hydroxyl groups is 1. The van der Waals surface area contributed by atoms with Crippen molar-refractivity contribution in [3.63, 3.8) is 0 Å². The quantitative estimate of drug-likeness (QED) is 0.473. The molecule has 2 aliphatic carbocycles. The van der Waals surface area contributed by atoms with Crippen LogP contribution in [0.2, 0.25) is 5.02 Å². The van der Waals surface area contributed by atoms with Crippen LogP contribution in [-0.4, -0.2) is 44.6 Å². The van der Waals surface area contributed by atoms with Crippen molar-refractivity contribution in [1.82, 2.24) is 0 Å². The second-order valence-electron chi connectivity index (χ2n) is 10.2. The van der Waals surface area contributed by atoms with E-state index in [1.54, 1.807) is 14.2 Å². The number of methoxy groups -OCH3 is 3. The molecule has 0 aromatic heterocycles. The van der Waals surface area contributed by atoms with Crippen LogP contribution in [-0.2, 0) is 21.4 Å². The molecular formula is C28H36ClNO5. The molecule has 0 radical (unpaired) electrons. The van der Waals surface area contributed by atoms with E-state index in [0.717, 1.165) is 42.9 Å². The van der Waals surface area contributed by atoms with E-state index in [1.165, 1.54) is 18.2 Å². The van der Waals surface area contributed by atoms with Crippen molar-refractivity contribution >= 4 is 23.3 Å². The molecular weight excluding hydrogens is 466 g/mol. The third-order valence-corrected chi connectivity index (χ3v) is 8.41. The maximum absolute atomic E-state index is 13.1. The zero-order chi connectivity index (χ0) is 25.2. The molecule has 1 unspecified atom stereocenters. The molecule has 2 aromatic rings. The summed E-state index contributed by atoms with van der Waals surface area (Å²) in [6.45, 7) is 2.26. The minimum atomic E-state index is -0.822. The molecule has 0 saturated heterocycles. The van der Waals surface area contributed by atoms with Crippen molar-refractivity contribution in [2.75, 3.05) is 33.3 Å². The Bertz CT molecular complexity index is 1060. The number of halogens is 1. The first kappa shape index (κ1) is 25.6. The number of rotatable bonds is 8. The molecule has 0 amide bonds. The maximum atomic E-state index is 13.1. The number of hydrogen-bond donors (Lipinski definition) is 2. The van der Waals surface area contributed by atoms with Crippen LogP contribution >= 0.6 is 11.6 Å². The molecule has 0 bridgehead atoms. The lowest BCUT2D eigenvalue weighted by Crippen LogP contribution is -2.53. The van der Waals surface area contributed by atoms with Crippen molar-refractivity contribution in [3.05, 3.63) is 52.5 Å². The second kappa shape index (κ2) is 10.3. The Morgan fingerprint density at radius 2 is 1.80 bits per heavy atom. The van der Waals surface area contributed by atoms with Gasteiger partial charge < -0.3 is 24.6 Å². The number of aliphatic hydroxyl groups excluding tert-OH is 1. The largest absolute Gasteiger partial charge is 0.493 e. The summed E-state index contributed by atoms with van der Waals surface area (Å²) in [7, 11) is 4.77. The third-order valence-electron chi connectivity index (χ3n) is 8.17. The van der Waals surface area contributed by atoms with Gasteiger partial charge in [-0.05, 0) is 97.2 Å². The van der Waals surface area contributed by atoms with Crippen molar-refractivity contribution in [1.29, 1.82) is 0 Å². The number of benzene rings is 2. The van der Waals surface area contributed by atoms with Gasteiger partial charge in [0.25, 0.3) is 0 Å². The highest BCUT2D eigenvalue weighted by Crippen LogP contribution is 2.57. The first-order chi connectivity index (χ1) is 16.8. The molecule has 2 aromatic carbocycles. The minimum Gasteiger partial charge on any atom is -0.493 e. The van der Waals surface area contributed by atoms with Crippen LogP contribution in [0.1, 0.15) is 50.2 Å². The van der Waals surface area contributed by atoms with E-state index in [2.05, 4.69) is 24.4 Å². The second-order valence-corrected chi connectivity index (χ2v) is 10.6. The number of hydrogen-bond acceptors (Lipinski definition) is 6. The number of ether oxygens (including phenoxy) is 3. The summed E-state index contributed by atoms with van der Waals surface area (Å²) in [5.41, 5.74) is 2.43. The Kier molecular flexibility index (Phi) is 7.53. The highest BCUT2D eigenvalue weighted by atomic mass is 35.5. The Hall–Kier alpha value is -2.44. The molecule has 190 valence electrons. The van der Waals surface area contributed by atoms with E-state index in [9.17, 15) is 9.90 Å². The van der Waals surface area contributed by atoms with Gasteiger partial charge >= 0.3 is 5.97 Å². The summed E-state index contributed by atoms with van der Waals surface area (Å²) < 4.78 is 16.5. The Balaban J connectivity index is 1.71. The average Bonchev–Trinajstić information content (AvgIpc) is 3.15.